The Hall–Kier alpha value is -1.88. The van der Waals surface area contributed by atoms with Gasteiger partial charge in [0.1, 0.15) is 5.69 Å². The molecule has 2 aromatic rings. The highest BCUT2D eigenvalue weighted by atomic mass is 16.5. The lowest BCUT2D eigenvalue weighted by atomic mass is 10.1. The summed E-state index contributed by atoms with van der Waals surface area (Å²) >= 11 is 0. The lowest BCUT2D eigenvalue weighted by molar-refractivity contribution is -0.121. The fraction of sp³-hybridized carbons (Fsp3) is 0.385. The molecule has 0 spiro atoms. The monoisotopic (exact) mass is 247 g/mol. The number of aromatic nitrogens is 1. The number of nitrogens with zero attached hydrogens (tertiary/aromatic N) is 1. The van der Waals surface area contributed by atoms with Crippen LogP contribution >= 0.6 is 0 Å². The molecule has 1 unspecified atom stereocenters. The second-order valence-corrected chi connectivity index (χ2v) is 4.21. The van der Waals surface area contributed by atoms with Gasteiger partial charge in [0.05, 0.1) is 6.42 Å². The molecule has 18 heavy (non-hydrogen) atoms. The highest BCUT2D eigenvalue weighted by molar-refractivity contribution is 5.86. The van der Waals surface area contributed by atoms with Crippen LogP contribution in [0.3, 0.4) is 0 Å². The molecule has 0 radical (unpaired) electrons. The molecule has 96 valence electrons. The van der Waals surface area contributed by atoms with Gasteiger partial charge in [-0.1, -0.05) is 24.2 Å². The van der Waals surface area contributed by atoms with Gasteiger partial charge < -0.3 is 15.6 Å². The third-order valence-electron chi connectivity index (χ3n) is 2.92. The Kier molecular flexibility index (Phi) is 3.94. The van der Waals surface area contributed by atoms with Crippen LogP contribution in [0.5, 0.6) is 0 Å². The summed E-state index contributed by atoms with van der Waals surface area (Å²) < 4.78 is 5.15. The Morgan fingerprint density at radius 3 is 3.00 bits per heavy atom. The summed E-state index contributed by atoms with van der Waals surface area (Å²) in [6.07, 6.45) is 1.04. The molecule has 0 aliphatic carbocycles. The molecular weight excluding hydrogens is 230 g/mol. The van der Waals surface area contributed by atoms with E-state index in [1.807, 2.05) is 31.2 Å². The summed E-state index contributed by atoms with van der Waals surface area (Å²) in [5.74, 6) is -0.0775. The normalized spacial score (nSPS) is 12.6. The van der Waals surface area contributed by atoms with Crippen LogP contribution in [-0.4, -0.2) is 23.7 Å². The van der Waals surface area contributed by atoms with Gasteiger partial charge in [0.2, 0.25) is 5.91 Å². The molecule has 1 aromatic heterocycles. The summed E-state index contributed by atoms with van der Waals surface area (Å²) in [6.45, 7) is 2.44. The molecule has 5 heteroatoms. The Balaban J connectivity index is 2.07. The number of rotatable bonds is 5. The smallest absolute Gasteiger partial charge is 0.226 e. The zero-order chi connectivity index (χ0) is 13.0. The van der Waals surface area contributed by atoms with Crippen molar-refractivity contribution in [1.82, 2.24) is 10.5 Å². The molecule has 0 fully saturated rings. The van der Waals surface area contributed by atoms with Crippen LogP contribution in [0.15, 0.2) is 28.8 Å². The number of carbonyl (C=O) groups excluding carboxylic acids is 1. The highest BCUT2D eigenvalue weighted by Gasteiger charge is 2.14. The quantitative estimate of drug-likeness (QED) is 0.832. The van der Waals surface area contributed by atoms with Crippen molar-refractivity contribution in [2.24, 2.45) is 5.73 Å². The molecular formula is C13H17N3O2. The lowest BCUT2D eigenvalue weighted by Crippen LogP contribution is -2.40. The van der Waals surface area contributed by atoms with Crippen LogP contribution in [0.2, 0.25) is 0 Å². The summed E-state index contributed by atoms with van der Waals surface area (Å²) in [6, 6.07) is 7.53. The van der Waals surface area contributed by atoms with Crippen molar-refractivity contribution in [2.75, 3.05) is 6.54 Å². The lowest BCUT2D eigenvalue weighted by Gasteiger charge is -2.13. The zero-order valence-electron chi connectivity index (χ0n) is 10.3. The molecule has 1 amide bonds. The predicted molar refractivity (Wildman–Crippen MR) is 69.0 cm³/mol. The van der Waals surface area contributed by atoms with E-state index in [0.29, 0.717) is 17.8 Å². The van der Waals surface area contributed by atoms with Crippen molar-refractivity contribution in [3.05, 3.63) is 30.0 Å². The van der Waals surface area contributed by atoms with Gasteiger partial charge in [-0.25, -0.2) is 0 Å². The molecule has 1 heterocycles. The van der Waals surface area contributed by atoms with Crippen LogP contribution in [0.4, 0.5) is 0 Å². The second-order valence-electron chi connectivity index (χ2n) is 4.21. The Bertz CT molecular complexity index is 532. The maximum Gasteiger partial charge on any atom is 0.226 e. The van der Waals surface area contributed by atoms with Gasteiger partial charge in [-0.15, -0.1) is 0 Å². The average molecular weight is 247 g/mol. The van der Waals surface area contributed by atoms with Gasteiger partial charge in [0.15, 0.2) is 5.58 Å². The van der Waals surface area contributed by atoms with Gasteiger partial charge in [0, 0.05) is 18.0 Å². The van der Waals surface area contributed by atoms with Gasteiger partial charge in [-0.3, -0.25) is 4.79 Å². The number of nitrogens with two attached hydrogens (primary N) is 1. The van der Waals surface area contributed by atoms with Crippen molar-refractivity contribution in [3.8, 4) is 0 Å². The van der Waals surface area contributed by atoms with Gasteiger partial charge >= 0.3 is 0 Å². The molecule has 0 aliphatic heterocycles. The first-order valence-electron chi connectivity index (χ1n) is 6.07. The van der Waals surface area contributed by atoms with Crippen LogP contribution in [0.25, 0.3) is 11.0 Å². The fourth-order valence-corrected chi connectivity index (χ4v) is 1.82. The molecule has 1 aromatic carbocycles. The summed E-state index contributed by atoms with van der Waals surface area (Å²) in [7, 11) is 0. The molecule has 0 saturated heterocycles. The minimum atomic E-state index is -0.0775. The maximum absolute atomic E-state index is 11.8. The van der Waals surface area contributed by atoms with Crippen molar-refractivity contribution >= 4 is 16.9 Å². The number of fused-ring (bicyclic) bond motifs is 1. The summed E-state index contributed by atoms with van der Waals surface area (Å²) in [5.41, 5.74) is 6.91. The van der Waals surface area contributed by atoms with Crippen LogP contribution in [0.1, 0.15) is 19.0 Å². The van der Waals surface area contributed by atoms with E-state index in [1.54, 1.807) is 0 Å². The van der Waals surface area contributed by atoms with E-state index in [2.05, 4.69) is 10.5 Å². The minimum absolute atomic E-state index is 0.0238. The van der Waals surface area contributed by atoms with E-state index < -0.39 is 0 Å². The first-order chi connectivity index (χ1) is 8.74. The van der Waals surface area contributed by atoms with Crippen molar-refractivity contribution in [2.45, 2.75) is 25.8 Å². The number of nitrogens with one attached hydrogen (secondary N) is 1. The number of hydrogen-bond donors (Lipinski definition) is 2. The van der Waals surface area contributed by atoms with Crippen LogP contribution in [0, 0.1) is 0 Å². The molecule has 1 atom stereocenters. The van der Waals surface area contributed by atoms with Crippen molar-refractivity contribution < 1.29 is 9.32 Å². The number of hydrogen-bond acceptors (Lipinski definition) is 4. The van der Waals surface area contributed by atoms with E-state index in [9.17, 15) is 4.79 Å². The number of para-hydroxylation sites is 1. The molecule has 2 rings (SSSR count). The topological polar surface area (TPSA) is 81.1 Å². The SMILES string of the molecule is CCC(CN)NC(=O)Cc1noc2ccccc12. The minimum Gasteiger partial charge on any atom is -0.356 e. The molecule has 0 bridgehead atoms. The molecule has 5 nitrogen and oxygen atoms in total. The van der Waals surface area contributed by atoms with Gasteiger partial charge in [0.25, 0.3) is 0 Å². The summed E-state index contributed by atoms with van der Waals surface area (Å²) in [4.78, 5) is 11.8. The third kappa shape index (κ3) is 2.68. The van der Waals surface area contributed by atoms with E-state index in [-0.39, 0.29) is 18.4 Å². The maximum atomic E-state index is 11.8. The van der Waals surface area contributed by atoms with E-state index in [1.165, 1.54) is 0 Å². The van der Waals surface area contributed by atoms with Crippen LogP contribution in [-0.2, 0) is 11.2 Å². The average Bonchev–Trinajstić information content (AvgIpc) is 2.79. The third-order valence-corrected chi connectivity index (χ3v) is 2.92. The Morgan fingerprint density at radius 2 is 2.28 bits per heavy atom. The zero-order valence-corrected chi connectivity index (χ0v) is 10.3. The standard InChI is InChI=1S/C13H17N3O2/c1-2-9(8-14)15-13(17)7-11-10-5-3-4-6-12(10)18-16-11/h3-6,9H,2,7-8,14H2,1H3,(H,15,17). The molecule has 0 saturated carbocycles. The number of benzene rings is 1. The second kappa shape index (κ2) is 5.64. The molecule has 3 N–H and O–H groups in total. The number of amides is 1. The van der Waals surface area contributed by atoms with Gasteiger partial charge in [-0.05, 0) is 18.6 Å². The Morgan fingerprint density at radius 1 is 1.50 bits per heavy atom. The van der Waals surface area contributed by atoms with Gasteiger partial charge in [-0.2, -0.15) is 0 Å². The van der Waals surface area contributed by atoms with E-state index >= 15 is 0 Å². The fourth-order valence-electron chi connectivity index (χ4n) is 1.82. The largest absolute Gasteiger partial charge is 0.356 e. The first-order valence-corrected chi connectivity index (χ1v) is 6.07. The summed E-state index contributed by atoms with van der Waals surface area (Å²) in [5, 5.41) is 7.68. The Labute approximate surface area is 105 Å². The molecule has 0 aliphatic rings. The first kappa shape index (κ1) is 12.6. The highest BCUT2D eigenvalue weighted by Crippen LogP contribution is 2.17. The predicted octanol–water partition coefficient (Wildman–Crippen LogP) is 1.22. The number of carbonyl (C=O) groups is 1. The van der Waals surface area contributed by atoms with E-state index in [0.717, 1.165) is 11.8 Å². The van der Waals surface area contributed by atoms with Crippen molar-refractivity contribution in [3.63, 3.8) is 0 Å². The van der Waals surface area contributed by atoms with Crippen molar-refractivity contribution in [1.29, 1.82) is 0 Å². The van der Waals surface area contributed by atoms with Crippen LogP contribution < -0.4 is 11.1 Å². The van der Waals surface area contributed by atoms with E-state index in [4.69, 9.17) is 10.3 Å².